The Bertz CT molecular complexity index is 2030. The number of nitrogens with zero attached hydrogens (tertiary/aromatic N) is 4. The molecule has 0 unspecified atom stereocenters. The van der Waals surface area contributed by atoms with Gasteiger partial charge in [0.15, 0.2) is 0 Å². The maximum Gasteiger partial charge on any atom is 2.00 e. The Morgan fingerprint density at radius 3 is 2.28 bits per heavy atom. The minimum Gasteiger partial charge on any atom is -0.503 e. The van der Waals surface area contributed by atoms with E-state index in [-0.39, 0.29) is 26.5 Å². The Kier molecular flexibility index (Phi) is 7.68. The Morgan fingerprint density at radius 1 is 0.698 bits per heavy atom. The Hall–Kier alpha value is -4.60. The van der Waals surface area contributed by atoms with Crippen molar-refractivity contribution in [3.05, 3.63) is 133 Å². The van der Waals surface area contributed by atoms with Crippen LogP contribution in [-0.4, -0.2) is 19.5 Å². The van der Waals surface area contributed by atoms with E-state index < -0.39 is 0 Å². The minimum absolute atomic E-state index is 0. The van der Waals surface area contributed by atoms with Gasteiger partial charge in [0.2, 0.25) is 0 Å². The van der Waals surface area contributed by atoms with Crippen molar-refractivity contribution in [2.45, 2.75) is 26.2 Å². The molecule has 0 saturated carbocycles. The van der Waals surface area contributed by atoms with Crippen LogP contribution in [0.25, 0.3) is 50.0 Å². The quantitative estimate of drug-likeness (QED) is 0.166. The molecule has 0 amide bonds. The van der Waals surface area contributed by atoms with Gasteiger partial charge in [0.25, 0.3) is 0 Å². The van der Waals surface area contributed by atoms with E-state index in [1.165, 1.54) is 5.56 Å². The molecule has 4 aromatic heterocycles. The summed E-state index contributed by atoms with van der Waals surface area (Å²) in [7, 11) is 0. The maximum atomic E-state index is 6.31. The second-order valence-electron chi connectivity index (χ2n) is 11.3. The van der Waals surface area contributed by atoms with E-state index in [0.717, 1.165) is 50.0 Å². The van der Waals surface area contributed by atoms with E-state index in [4.69, 9.17) is 9.72 Å². The van der Waals surface area contributed by atoms with Crippen molar-refractivity contribution in [1.82, 2.24) is 19.5 Å². The van der Waals surface area contributed by atoms with E-state index in [1.54, 1.807) is 18.6 Å². The molecule has 0 aliphatic carbocycles. The SMILES string of the molecule is CC(C)(C)c1ccc2c(c1)c1ccc(Oc3[c-]c(-c4ccccn4)ccc3)[c-]c1n2-c1ccc(-c2ccncc2)cn1.[Pt+2]. The number of hydrogen-bond acceptors (Lipinski definition) is 4. The van der Waals surface area contributed by atoms with Gasteiger partial charge < -0.3 is 14.3 Å². The second kappa shape index (κ2) is 11.6. The first-order valence-electron chi connectivity index (χ1n) is 13.9. The van der Waals surface area contributed by atoms with Crippen molar-refractivity contribution in [3.8, 4) is 39.7 Å². The predicted molar refractivity (Wildman–Crippen MR) is 168 cm³/mol. The van der Waals surface area contributed by atoms with Gasteiger partial charge in [-0.2, -0.15) is 6.07 Å². The number of benzene rings is 3. The van der Waals surface area contributed by atoms with Gasteiger partial charge in [0, 0.05) is 47.4 Å². The zero-order valence-corrected chi connectivity index (χ0v) is 26.3. The smallest absolute Gasteiger partial charge is 0.503 e. The summed E-state index contributed by atoms with van der Waals surface area (Å²) in [6.45, 7) is 6.71. The van der Waals surface area contributed by atoms with Gasteiger partial charge >= 0.3 is 21.1 Å². The summed E-state index contributed by atoms with van der Waals surface area (Å²) in [6.07, 6.45) is 7.27. The Balaban J connectivity index is 0.00000329. The molecule has 7 rings (SSSR count). The first kappa shape index (κ1) is 28.5. The van der Waals surface area contributed by atoms with Gasteiger partial charge in [-0.15, -0.1) is 41.3 Å². The fourth-order valence-corrected chi connectivity index (χ4v) is 5.22. The van der Waals surface area contributed by atoms with Gasteiger partial charge in [0.05, 0.1) is 0 Å². The van der Waals surface area contributed by atoms with Crippen molar-refractivity contribution >= 4 is 21.8 Å². The van der Waals surface area contributed by atoms with Crippen molar-refractivity contribution in [1.29, 1.82) is 0 Å². The van der Waals surface area contributed by atoms with Crippen LogP contribution < -0.4 is 4.74 Å². The van der Waals surface area contributed by atoms with Crippen molar-refractivity contribution in [2.24, 2.45) is 0 Å². The third-order valence-corrected chi connectivity index (χ3v) is 7.44. The molecule has 43 heavy (non-hydrogen) atoms. The molecular weight excluding hydrogens is 712 g/mol. The molecule has 0 atom stereocenters. The molecule has 5 nitrogen and oxygen atoms in total. The van der Waals surface area contributed by atoms with Crippen LogP contribution >= 0.6 is 0 Å². The van der Waals surface area contributed by atoms with Crippen LogP contribution in [0.2, 0.25) is 0 Å². The third-order valence-electron chi connectivity index (χ3n) is 7.44. The molecule has 4 heterocycles. The van der Waals surface area contributed by atoms with Crippen LogP contribution in [-0.2, 0) is 26.5 Å². The maximum absolute atomic E-state index is 6.31. The fraction of sp³-hybridized carbons (Fsp3) is 0.108. The first-order valence-corrected chi connectivity index (χ1v) is 13.9. The molecule has 7 aromatic rings. The number of ether oxygens (including phenoxy) is 1. The zero-order valence-electron chi connectivity index (χ0n) is 24.0. The monoisotopic (exact) mass is 739 g/mol. The van der Waals surface area contributed by atoms with Crippen LogP contribution in [0.4, 0.5) is 0 Å². The zero-order chi connectivity index (χ0) is 28.7. The predicted octanol–water partition coefficient (Wildman–Crippen LogP) is 8.99. The van der Waals surface area contributed by atoms with Crippen molar-refractivity contribution < 1.29 is 25.8 Å². The van der Waals surface area contributed by atoms with Crippen molar-refractivity contribution in [3.63, 3.8) is 0 Å². The van der Waals surface area contributed by atoms with Crippen molar-refractivity contribution in [2.75, 3.05) is 0 Å². The Labute approximate surface area is 265 Å². The number of fused-ring (bicyclic) bond motifs is 3. The summed E-state index contributed by atoms with van der Waals surface area (Å²) in [5.41, 5.74) is 7.10. The largest absolute Gasteiger partial charge is 2.00 e. The van der Waals surface area contributed by atoms with Crippen LogP contribution in [0.15, 0.2) is 116 Å². The number of pyridine rings is 3. The minimum atomic E-state index is 0. The average molecular weight is 740 g/mol. The van der Waals surface area contributed by atoms with Gasteiger partial charge in [0.1, 0.15) is 5.82 Å². The molecule has 0 N–H and O–H groups in total. The summed E-state index contributed by atoms with van der Waals surface area (Å²) < 4.78 is 8.47. The molecule has 0 saturated heterocycles. The molecule has 0 spiro atoms. The number of hydrogen-bond donors (Lipinski definition) is 0. The summed E-state index contributed by atoms with van der Waals surface area (Å²) in [5.74, 6) is 2.02. The summed E-state index contributed by atoms with van der Waals surface area (Å²) in [4.78, 5) is 13.5. The Morgan fingerprint density at radius 2 is 1.53 bits per heavy atom. The first-order chi connectivity index (χ1) is 20.4. The van der Waals surface area contributed by atoms with Crippen LogP contribution in [0.5, 0.6) is 11.5 Å². The van der Waals surface area contributed by atoms with Gasteiger partial charge in [-0.05, 0) is 64.0 Å². The fourth-order valence-electron chi connectivity index (χ4n) is 5.22. The summed E-state index contributed by atoms with van der Waals surface area (Å²) >= 11 is 0. The molecular formula is C37H28N4OPt. The van der Waals surface area contributed by atoms with Gasteiger partial charge in [-0.25, -0.2) is 4.98 Å². The molecule has 0 fully saturated rings. The number of rotatable bonds is 5. The molecule has 212 valence electrons. The van der Waals surface area contributed by atoms with E-state index >= 15 is 0 Å². The average Bonchev–Trinajstić information content (AvgIpc) is 3.35. The van der Waals surface area contributed by atoms with Crippen LogP contribution in [0.3, 0.4) is 0 Å². The standard InChI is InChI=1S/C37H28N4O.Pt/c1-37(2,3)28-11-14-34-32(22-28)31-13-12-30(42-29-8-6-7-26(21-29)33-9-4-5-18-39-33)23-35(31)41(34)36-15-10-27(24-40-36)25-16-19-38-20-17-25;/h4-20,22,24H,1-3H3;/q-2;+2. The molecule has 0 radical (unpaired) electrons. The molecule has 6 heteroatoms. The third kappa shape index (κ3) is 5.61. The van der Waals surface area contributed by atoms with Crippen LogP contribution in [0.1, 0.15) is 26.3 Å². The molecule has 0 aliphatic rings. The second-order valence-corrected chi connectivity index (χ2v) is 11.3. The normalized spacial score (nSPS) is 11.4. The topological polar surface area (TPSA) is 52.8 Å². The summed E-state index contributed by atoms with van der Waals surface area (Å²) in [5, 5.41) is 2.25. The number of aromatic nitrogens is 4. The summed E-state index contributed by atoms with van der Waals surface area (Å²) in [6, 6.07) is 37.5. The molecule has 0 aliphatic heterocycles. The van der Waals surface area contributed by atoms with E-state index in [1.807, 2.05) is 60.8 Å². The molecule has 0 bridgehead atoms. The van der Waals surface area contributed by atoms with E-state index in [9.17, 15) is 0 Å². The van der Waals surface area contributed by atoms with Gasteiger partial charge in [-0.1, -0.05) is 56.6 Å². The van der Waals surface area contributed by atoms with Crippen LogP contribution in [0, 0.1) is 12.1 Å². The van der Waals surface area contributed by atoms with E-state index in [0.29, 0.717) is 11.5 Å². The van der Waals surface area contributed by atoms with E-state index in [2.05, 4.69) is 83.8 Å². The molecule has 3 aromatic carbocycles. The van der Waals surface area contributed by atoms with Gasteiger partial charge in [-0.3, -0.25) is 4.98 Å².